The summed E-state index contributed by atoms with van der Waals surface area (Å²) in [5.74, 6) is -1.78. The second-order valence-electron chi connectivity index (χ2n) is 4.29. The van der Waals surface area contributed by atoms with Crippen LogP contribution < -0.4 is 5.14 Å². The van der Waals surface area contributed by atoms with E-state index in [-0.39, 0.29) is 18.8 Å². The summed E-state index contributed by atoms with van der Waals surface area (Å²) in [6, 6.07) is 2.84. The van der Waals surface area contributed by atoms with Crippen molar-refractivity contribution in [2.75, 3.05) is 19.8 Å². The van der Waals surface area contributed by atoms with Crippen LogP contribution in [-0.2, 0) is 19.5 Å². The number of benzene rings is 1. The smallest absolute Gasteiger partial charge is 0.338 e. The monoisotopic (exact) mass is 319 g/mol. The zero-order valence-electron chi connectivity index (χ0n) is 11.7. The largest absolute Gasteiger partial charge is 0.460 e. The number of sulfonamides is 1. The van der Waals surface area contributed by atoms with Gasteiger partial charge in [-0.3, -0.25) is 0 Å². The number of carbonyl (C=O) groups is 1. The van der Waals surface area contributed by atoms with E-state index < -0.39 is 26.7 Å². The van der Waals surface area contributed by atoms with Gasteiger partial charge in [-0.15, -0.1) is 0 Å². The SMILES string of the molecule is CCCCOCCOC(=O)c1ccc(F)c(S(N)(=O)=O)c1. The van der Waals surface area contributed by atoms with E-state index in [4.69, 9.17) is 14.6 Å². The number of hydrogen-bond donors (Lipinski definition) is 1. The van der Waals surface area contributed by atoms with Gasteiger partial charge in [-0.1, -0.05) is 13.3 Å². The predicted octanol–water partition coefficient (Wildman–Crippen LogP) is 1.45. The highest BCUT2D eigenvalue weighted by atomic mass is 32.2. The number of halogens is 1. The molecule has 118 valence electrons. The van der Waals surface area contributed by atoms with Crippen LogP contribution in [-0.4, -0.2) is 34.2 Å². The molecule has 0 radical (unpaired) electrons. The topological polar surface area (TPSA) is 95.7 Å². The maximum absolute atomic E-state index is 13.3. The normalized spacial score (nSPS) is 11.4. The van der Waals surface area contributed by atoms with Crippen LogP contribution in [0.4, 0.5) is 4.39 Å². The molecule has 0 aliphatic heterocycles. The summed E-state index contributed by atoms with van der Waals surface area (Å²) in [6.45, 7) is 2.89. The molecule has 0 fully saturated rings. The van der Waals surface area contributed by atoms with Gasteiger partial charge < -0.3 is 9.47 Å². The zero-order chi connectivity index (χ0) is 15.9. The van der Waals surface area contributed by atoms with E-state index in [1.54, 1.807) is 0 Å². The fourth-order valence-corrected chi connectivity index (χ4v) is 2.10. The summed E-state index contributed by atoms with van der Waals surface area (Å²) in [7, 11) is -4.23. The van der Waals surface area contributed by atoms with E-state index in [9.17, 15) is 17.6 Å². The van der Waals surface area contributed by atoms with Gasteiger partial charge in [-0.05, 0) is 24.6 Å². The lowest BCUT2D eigenvalue weighted by atomic mass is 10.2. The molecular weight excluding hydrogens is 301 g/mol. The highest BCUT2D eigenvalue weighted by Crippen LogP contribution is 2.15. The molecule has 0 amide bonds. The molecule has 6 nitrogen and oxygen atoms in total. The second kappa shape index (κ2) is 8.06. The fraction of sp³-hybridized carbons (Fsp3) is 0.462. The average molecular weight is 319 g/mol. The highest BCUT2D eigenvalue weighted by molar-refractivity contribution is 7.89. The molecule has 1 rings (SSSR count). The number of carbonyl (C=O) groups excluding carboxylic acids is 1. The third-order valence-electron chi connectivity index (χ3n) is 2.58. The molecule has 0 spiro atoms. The fourth-order valence-electron chi connectivity index (χ4n) is 1.47. The molecule has 21 heavy (non-hydrogen) atoms. The number of hydrogen-bond acceptors (Lipinski definition) is 5. The lowest BCUT2D eigenvalue weighted by Gasteiger charge is -2.07. The first-order chi connectivity index (χ1) is 9.86. The lowest BCUT2D eigenvalue weighted by molar-refractivity contribution is 0.0313. The molecule has 1 aromatic carbocycles. The molecule has 2 N–H and O–H groups in total. The average Bonchev–Trinajstić information content (AvgIpc) is 2.41. The van der Waals surface area contributed by atoms with Crippen LogP contribution >= 0.6 is 0 Å². The Labute approximate surface area is 123 Å². The Balaban J connectivity index is 2.59. The van der Waals surface area contributed by atoms with E-state index >= 15 is 0 Å². The van der Waals surface area contributed by atoms with Crippen molar-refractivity contribution in [2.45, 2.75) is 24.7 Å². The van der Waals surface area contributed by atoms with Crippen LogP contribution in [0.15, 0.2) is 23.1 Å². The Hall–Kier alpha value is -1.51. The predicted molar refractivity (Wildman–Crippen MR) is 73.8 cm³/mol. The van der Waals surface area contributed by atoms with Crippen LogP contribution in [0, 0.1) is 5.82 Å². The van der Waals surface area contributed by atoms with E-state index in [0.717, 1.165) is 31.0 Å². The summed E-state index contributed by atoms with van der Waals surface area (Å²) in [6.07, 6.45) is 1.93. The first-order valence-corrected chi connectivity index (χ1v) is 7.98. The van der Waals surface area contributed by atoms with Gasteiger partial charge in [0.1, 0.15) is 17.3 Å². The van der Waals surface area contributed by atoms with Gasteiger partial charge in [-0.25, -0.2) is 22.7 Å². The molecule has 0 heterocycles. The van der Waals surface area contributed by atoms with Gasteiger partial charge in [0.25, 0.3) is 0 Å². The zero-order valence-corrected chi connectivity index (χ0v) is 12.5. The van der Waals surface area contributed by atoms with Crippen molar-refractivity contribution in [2.24, 2.45) is 5.14 Å². The Morgan fingerprint density at radius 2 is 2.00 bits per heavy atom. The van der Waals surface area contributed by atoms with Crippen LogP contribution in [0.2, 0.25) is 0 Å². The van der Waals surface area contributed by atoms with Gasteiger partial charge in [-0.2, -0.15) is 0 Å². The summed E-state index contributed by atoms with van der Waals surface area (Å²) < 4.78 is 45.7. The second-order valence-corrected chi connectivity index (χ2v) is 5.82. The lowest BCUT2D eigenvalue weighted by Crippen LogP contribution is -2.16. The van der Waals surface area contributed by atoms with Crippen LogP contribution in [0.1, 0.15) is 30.1 Å². The number of esters is 1. The summed E-state index contributed by atoms with van der Waals surface area (Å²) >= 11 is 0. The number of ether oxygens (including phenoxy) is 2. The van der Waals surface area contributed by atoms with Gasteiger partial charge >= 0.3 is 5.97 Å². The number of primary sulfonamides is 1. The molecule has 0 aliphatic rings. The van der Waals surface area contributed by atoms with Crippen molar-refractivity contribution >= 4 is 16.0 Å². The standard InChI is InChI=1S/C13H18FNO5S/c1-2-3-6-19-7-8-20-13(16)10-4-5-11(14)12(9-10)21(15,17)18/h4-5,9H,2-3,6-8H2,1H3,(H2,15,17,18). The van der Waals surface area contributed by atoms with Crippen LogP contribution in [0.25, 0.3) is 0 Å². The minimum absolute atomic E-state index is 0.0324. The van der Waals surface area contributed by atoms with E-state index in [1.165, 1.54) is 0 Å². The molecule has 0 aliphatic carbocycles. The molecule has 0 saturated heterocycles. The van der Waals surface area contributed by atoms with Gasteiger partial charge in [0.2, 0.25) is 10.0 Å². The quantitative estimate of drug-likeness (QED) is 0.578. The van der Waals surface area contributed by atoms with Gasteiger partial charge in [0, 0.05) is 6.61 Å². The third-order valence-corrected chi connectivity index (χ3v) is 3.50. The Morgan fingerprint density at radius 3 is 2.62 bits per heavy atom. The summed E-state index contributed by atoms with van der Waals surface area (Å²) in [5.41, 5.74) is -0.0889. The van der Waals surface area contributed by atoms with Crippen LogP contribution in [0.5, 0.6) is 0 Å². The van der Waals surface area contributed by atoms with Crippen molar-refractivity contribution in [1.82, 2.24) is 0 Å². The molecule has 0 bridgehead atoms. The van der Waals surface area contributed by atoms with Crippen LogP contribution in [0.3, 0.4) is 0 Å². The summed E-state index contributed by atoms with van der Waals surface area (Å²) in [4.78, 5) is 10.9. The minimum atomic E-state index is -4.23. The molecule has 0 unspecified atom stereocenters. The van der Waals surface area contributed by atoms with E-state index in [2.05, 4.69) is 0 Å². The van der Waals surface area contributed by atoms with Crippen molar-refractivity contribution in [3.05, 3.63) is 29.6 Å². The molecular formula is C13H18FNO5S. The molecule has 1 aromatic rings. The number of rotatable bonds is 8. The van der Waals surface area contributed by atoms with Crippen molar-refractivity contribution < 1.29 is 27.1 Å². The number of nitrogens with two attached hydrogens (primary N) is 1. The Kier molecular flexibility index (Phi) is 6.73. The maximum Gasteiger partial charge on any atom is 0.338 e. The van der Waals surface area contributed by atoms with E-state index in [0.29, 0.717) is 6.61 Å². The Bertz CT molecular complexity index is 588. The first kappa shape index (κ1) is 17.5. The van der Waals surface area contributed by atoms with Crippen molar-refractivity contribution in [3.8, 4) is 0 Å². The highest BCUT2D eigenvalue weighted by Gasteiger charge is 2.18. The molecule has 0 saturated carbocycles. The molecule has 0 aromatic heterocycles. The molecule has 8 heteroatoms. The van der Waals surface area contributed by atoms with Gasteiger partial charge in [0.15, 0.2) is 0 Å². The van der Waals surface area contributed by atoms with Crippen molar-refractivity contribution in [3.63, 3.8) is 0 Å². The first-order valence-electron chi connectivity index (χ1n) is 6.43. The maximum atomic E-state index is 13.3. The van der Waals surface area contributed by atoms with E-state index in [1.807, 2.05) is 6.92 Å². The summed E-state index contributed by atoms with van der Waals surface area (Å²) in [5, 5.41) is 4.85. The minimum Gasteiger partial charge on any atom is -0.460 e. The Morgan fingerprint density at radius 1 is 1.29 bits per heavy atom. The third kappa shape index (κ3) is 5.78. The number of unbranched alkanes of at least 4 members (excludes halogenated alkanes) is 1. The molecule has 0 atom stereocenters. The van der Waals surface area contributed by atoms with Gasteiger partial charge in [0.05, 0.1) is 12.2 Å². The van der Waals surface area contributed by atoms with Crippen molar-refractivity contribution in [1.29, 1.82) is 0 Å².